The van der Waals surface area contributed by atoms with Crippen molar-refractivity contribution in [1.82, 2.24) is 4.90 Å². The average molecular weight is 346 g/mol. The third-order valence-electron chi connectivity index (χ3n) is 4.71. The first kappa shape index (κ1) is 14.6. The highest BCUT2D eigenvalue weighted by Gasteiger charge is 2.42. The van der Waals surface area contributed by atoms with Crippen LogP contribution >= 0.6 is 15.9 Å². The lowest BCUT2D eigenvalue weighted by Gasteiger charge is -2.43. The van der Waals surface area contributed by atoms with Gasteiger partial charge in [-0.1, -0.05) is 40.6 Å². The Morgan fingerprint density at radius 1 is 1.19 bits per heavy atom. The van der Waals surface area contributed by atoms with Gasteiger partial charge in [-0.15, -0.1) is 0 Å². The van der Waals surface area contributed by atoms with Gasteiger partial charge in [0.25, 0.3) is 0 Å². The highest BCUT2D eigenvalue weighted by molar-refractivity contribution is 9.10. The Morgan fingerprint density at radius 3 is 2.38 bits per heavy atom. The van der Waals surface area contributed by atoms with Crippen LogP contribution in [-0.2, 0) is 10.2 Å². The van der Waals surface area contributed by atoms with Crippen LogP contribution in [0.15, 0.2) is 52.0 Å². The van der Waals surface area contributed by atoms with E-state index in [2.05, 4.69) is 52.3 Å². The number of carbonyl (C=O) groups excluding carboxylic acids is 1. The maximum Gasteiger partial charge on any atom is 0.249 e. The van der Waals surface area contributed by atoms with Crippen LogP contribution in [0.25, 0.3) is 0 Å². The topological polar surface area (TPSA) is 20.3 Å². The minimum Gasteiger partial charge on any atom is -0.345 e. The zero-order valence-corrected chi connectivity index (χ0v) is 14.1. The molecule has 21 heavy (non-hydrogen) atoms. The lowest BCUT2D eigenvalue weighted by atomic mass is 9.60. The number of hydrogen-bond donors (Lipinski definition) is 0. The van der Waals surface area contributed by atoms with Gasteiger partial charge in [0, 0.05) is 29.6 Å². The van der Waals surface area contributed by atoms with Crippen LogP contribution in [0.4, 0.5) is 0 Å². The summed E-state index contributed by atoms with van der Waals surface area (Å²) in [7, 11) is 3.63. The van der Waals surface area contributed by atoms with Gasteiger partial charge in [-0.25, -0.2) is 0 Å². The quantitative estimate of drug-likeness (QED) is 0.803. The Bertz CT molecular complexity index is 621. The predicted molar refractivity (Wildman–Crippen MR) is 89.1 cm³/mol. The summed E-state index contributed by atoms with van der Waals surface area (Å²) < 4.78 is 1.11. The molecule has 1 aromatic rings. The standard InChI is InChI=1S/C18H20BrNO/c1-20(2)17(21)13-4-5-15(12-13)18(10-3-11-18)14-6-8-16(19)9-7-14/h5-9,12H,3-4,10-11H2,1-2H3. The van der Waals surface area contributed by atoms with Gasteiger partial charge in [-0.2, -0.15) is 0 Å². The Hall–Kier alpha value is -1.35. The van der Waals surface area contributed by atoms with Crippen molar-refractivity contribution in [1.29, 1.82) is 0 Å². The van der Waals surface area contributed by atoms with Gasteiger partial charge < -0.3 is 4.90 Å². The number of amides is 1. The van der Waals surface area contributed by atoms with Crippen molar-refractivity contribution in [2.45, 2.75) is 31.1 Å². The van der Waals surface area contributed by atoms with Crippen molar-refractivity contribution >= 4 is 21.8 Å². The van der Waals surface area contributed by atoms with E-state index in [1.54, 1.807) is 4.90 Å². The van der Waals surface area contributed by atoms with Gasteiger partial charge in [0.2, 0.25) is 5.91 Å². The van der Waals surface area contributed by atoms with Crippen molar-refractivity contribution in [3.05, 3.63) is 57.6 Å². The summed E-state index contributed by atoms with van der Waals surface area (Å²) in [5.41, 5.74) is 3.76. The van der Waals surface area contributed by atoms with Crippen molar-refractivity contribution in [3.63, 3.8) is 0 Å². The summed E-state index contributed by atoms with van der Waals surface area (Å²) in [6, 6.07) is 8.65. The molecule has 0 heterocycles. The van der Waals surface area contributed by atoms with E-state index in [0.717, 1.165) is 16.5 Å². The number of rotatable bonds is 3. The third kappa shape index (κ3) is 2.48. The first-order chi connectivity index (χ1) is 10.0. The van der Waals surface area contributed by atoms with Crippen LogP contribution in [0.2, 0.25) is 0 Å². The van der Waals surface area contributed by atoms with E-state index in [1.165, 1.54) is 30.4 Å². The average Bonchev–Trinajstić information content (AvgIpc) is 2.88. The Morgan fingerprint density at radius 2 is 1.86 bits per heavy atom. The van der Waals surface area contributed by atoms with Crippen molar-refractivity contribution in [2.75, 3.05) is 14.1 Å². The summed E-state index contributed by atoms with van der Waals surface area (Å²) in [5, 5.41) is 0. The molecule has 3 rings (SSSR count). The maximum absolute atomic E-state index is 12.1. The molecule has 1 amide bonds. The third-order valence-corrected chi connectivity index (χ3v) is 5.24. The molecule has 1 saturated carbocycles. The van der Waals surface area contributed by atoms with Gasteiger partial charge in [0.1, 0.15) is 0 Å². The second-order valence-electron chi connectivity index (χ2n) is 6.18. The molecular weight excluding hydrogens is 326 g/mol. The Labute approximate surface area is 134 Å². The lowest BCUT2D eigenvalue weighted by molar-refractivity contribution is -0.124. The molecule has 1 fully saturated rings. The summed E-state index contributed by atoms with van der Waals surface area (Å²) in [4.78, 5) is 13.8. The van der Waals surface area contributed by atoms with Crippen molar-refractivity contribution < 1.29 is 4.79 Å². The van der Waals surface area contributed by atoms with Crippen LogP contribution in [0.5, 0.6) is 0 Å². The Kier molecular flexibility index (Phi) is 3.78. The molecule has 2 aliphatic rings. The van der Waals surface area contributed by atoms with Crippen LogP contribution in [-0.4, -0.2) is 24.9 Å². The Balaban J connectivity index is 1.91. The van der Waals surface area contributed by atoms with E-state index >= 15 is 0 Å². The summed E-state index contributed by atoms with van der Waals surface area (Å²) >= 11 is 3.50. The fraction of sp³-hybridized carbons (Fsp3) is 0.389. The van der Waals surface area contributed by atoms with Gasteiger partial charge >= 0.3 is 0 Å². The second kappa shape index (κ2) is 5.45. The number of carbonyl (C=O) groups is 1. The van der Waals surface area contributed by atoms with Gasteiger partial charge in [0.05, 0.1) is 0 Å². The molecule has 110 valence electrons. The SMILES string of the molecule is CN(C)C(=O)C1=CC(C2(c3ccc(Br)cc3)CCC2)=CC1. The minimum atomic E-state index is 0.131. The largest absolute Gasteiger partial charge is 0.345 e. The molecule has 2 aliphatic carbocycles. The van der Waals surface area contributed by atoms with E-state index < -0.39 is 0 Å². The highest BCUT2D eigenvalue weighted by atomic mass is 79.9. The number of hydrogen-bond acceptors (Lipinski definition) is 1. The molecule has 0 spiro atoms. The first-order valence-electron chi connectivity index (χ1n) is 7.42. The molecule has 0 saturated heterocycles. The van der Waals surface area contributed by atoms with Crippen LogP contribution < -0.4 is 0 Å². The van der Waals surface area contributed by atoms with E-state index in [4.69, 9.17) is 0 Å². The number of allylic oxidation sites excluding steroid dienone is 3. The summed E-state index contributed by atoms with van der Waals surface area (Å²) in [6.45, 7) is 0. The molecule has 0 aromatic heterocycles. The maximum atomic E-state index is 12.1. The van der Waals surface area contributed by atoms with Crippen molar-refractivity contribution in [2.24, 2.45) is 0 Å². The van der Waals surface area contributed by atoms with Crippen LogP contribution in [0, 0.1) is 0 Å². The molecule has 3 heteroatoms. The lowest BCUT2D eigenvalue weighted by Crippen LogP contribution is -2.35. The smallest absolute Gasteiger partial charge is 0.249 e. The van der Waals surface area contributed by atoms with Crippen LogP contribution in [0.1, 0.15) is 31.2 Å². The molecule has 0 aliphatic heterocycles. The fourth-order valence-corrected chi connectivity index (χ4v) is 3.60. The van der Waals surface area contributed by atoms with E-state index in [-0.39, 0.29) is 11.3 Å². The monoisotopic (exact) mass is 345 g/mol. The molecule has 0 radical (unpaired) electrons. The second-order valence-corrected chi connectivity index (χ2v) is 7.09. The predicted octanol–water partition coefficient (Wildman–Crippen LogP) is 4.22. The molecule has 0 bridgehead atoms. The molecule has 0 unspecified atom stereocenters. The number of nitrogens with zero attached hydrogens (tertiary/aromatic N) is 1. The number of benzene rings is 1. The van der Waals surface area contributed by atoms with Gasteiger partial charge in [-0.3, -0.25) is 4.79 Å². The van der Waals surface area contributed by atoms with E-state index in [0.29, 0.717) is 0 Å². The molecular formula is C18H20BrNO. The zero-order valence-electron chi connectivity index (χ0n) is 12.5. The molecule has 1 aromatic carbocycles. The van der Waals surface area contributed by atoms with Crippen molar-refractivity contribution in [3.8, 4) is 0 Å². The zero-order chi connectivity index (χ0) is 15.0. The normalized spacial score (nSPS) is 19.6. The van der Waals surface area contributed by atoms with E-state index in [1.807, 2.05) is 14.1 Å². The highest BCUT2D eigenvalue weighted by Crippen LogP contribution is 2.51. The number of halogens is 1. The first-order valence-corrected chi connectivity index (χ1v) is 8.21. The van der Waals surface area contributed by atoms with Crippen LogP contribution in [0.3, 0.4) is 0 Å². The van der Waals surface area contributed by atoms with Gasteiger partial charge in [-0.05, 0) is 48.6 Å². The molecule has 0 atom stereocenters. The molecule has 2 nitrogen and oxygen atoms in total. The summed E-state index contributed by atoms with van der Waals surface area (Å²) in [6.07, 6.45) is 8.77. The summed E-state index contributed by atoms with van der Waals surface area (Å²) in [5.74, 6) is 0.131. The molecule has 0 N–H and O–H groups in total. The van der Waals surface area contributed by atoms with Gasteiger partial charge in [0.15, 0.2) is 0 Å². The minimum absolute atomic E-state index is 0.131. The fourth-order valence-electron chi connectivity index (χ4n) is 3.34. The number of likely N-dealkylation sites (N-methyl/N-ethyl adjacent to an activating group) is 1. The van der Waals surface area contributed by atoms with E-state index in [9.17, 15) is 4.79 Å².